The Morgan fingerprint density at radius 3 is 2.47 bits per heavy atom. The topological polar surface area (TPSA) is 78.0 Å². The lowest BCUT2D eigenvalue weighted by molar-refractivity contribution is -0.391. The number of ketones is 1. The molecule has 1 rings (SSSR count). The Morgan fingerprint density at radius 1 is 1.60 bits per heavy atom. The normalized spacial score (nSPS) is 11.5. The maximum absolute atomic E-state index is 11.4. The Labute approximate surface area is 98.9 Å². The Kier molecular flexibility index (Phi) is 3.22. The molecule has 9 heteroatoms. The van der Waals surface area contributed by atoms with Gasteiger partial charge in [0.15, 0.2) is 0 Å². The van der Waals surface area contributed by atoms with E-state index >= 15 is 0 Å². The molecule has 1 aromatic heterocycles. The zero-order valence-corrected chi connectivity index (χ0v) is 9.55. The lowest BCUT2D eigenvalue weighted by Gasteiger charge is -2.05. The fourth-order valence-electron chi connectivity index (χ4n) is 0.908. The predicted molar refractivity (Wildman–Crippen MR) is 54.5 cm³/mol. The molecule has 82 valence electrons. The molecule has 0 bridgehead atoms. The standard InChI is InChI=1S/C6H4Cl3N3O3/c1-11-3(12(14)15)2-10-5(11)4(13)6(7,8)9/h2H,1H3. The van der Waals surface area contributed by atoms with Crippen molar-refractivity contribution in [1.29, 1.82) is 0 Å². The van der Waals surface area contributed by atoms with Crippen LogP contribution in [-0.4, -0.2) is 24.1 Å². The van der Waals surface area contributed by atoms with Gasteiger partial charge in [-0.3, -0.25) is 4.79 Å². The molecule has 1 aromatic rings. The second kappa shape index (κ2) is 3.96. The van der Waals surface area contributed by atoms with Crippen molar-refractivity contribution >= 4 is 46.4 Å². The van der Waals surface area contributed by atoms with Gasteiger partial charge in [0.1, 0.15) is 6.20 Å². The molecule has 0 amide bonds. The Bertz CT molecular complexity index is 423. The van der Waals surface area contributed by atoms with Crippen LogP contribution < -0.4 is 0 Å². The van der Waals surface area contributed by atoms with E-state index in [1.165, 1.54) is 7.05 Å². The van der Waals surface area contributed by atoms with Gasteiger partial charge in [0, 0.05) is 0 Å². The van der Waals surface area contributed by atoms with Crippen molar-refractivity contribution in [2.45, 2.75) is 3.79 Å². The minimum Gasteiger partial charge on any atom is -0.358 e. The molecule has 6 nitrogen and oxygen atoms in total. The van der Waals surface area contributed by atoms with Crippen LogP contribution in [-0.2, 0) is 7.05 Å². The molecule has 0 aliphatic carbocycles. The van der Waals surface area contributed by atoms with E-state index < -0.39 is 14.5 Å². The molecule has 0 saturated heterocycles. The van der Waals surface area contributed by atoms with Crippen molar-refractivity contribution < 1.29 is 9.72 Å². The molecule has 0 aromatic carbocycles. The molecule has 0 saturated carbocycles. The first-order chi connectivity index (χ1) is 6.75. The highest BCUT2D eigenvalue weighted by Crippen LogP contribution is 2.30. The maximum Gasteiger partial charge on any atom is 0.343 e. The van der Waals surface area contributed by atoms with E-state index in [1.807, 2.05) is 0 Å². The first kappa shape index (κ1) is 12.2. The fourth-order valence-corrected chi connectivity index (χ4v) is 1.16. The summed E-state index contributed by atoms with van der Waals surface area (Å²) in [5.41, 5.74) is 0. The van der Waals surface area contributed by atoms with Gasteiger partial charge in [-0.15, -0.1) is 0 Å². The maximum atomic E-state index is 11.4. The highest BCUT2D eigenvalue weighted by Gasteiger charge is 2.38. The number of carbonyl (C=O) groups is 1. The van der Waals surface area contributed by atoms with Crippen LogP contribution in [0.3, 0.4) is 0 Å². The first-order valence-corrected chi connectivity index (χ1v) is 4.66. The minimum absolute atomic E-state index is 0.276. The lowest BCUT2D eigenvalue weighted by atomic mass is 10.4. The average Bonchev–Trinajstić information content (AvgIpc) is 2.44. The van der Waals surface area contributed by atoms with Crippen molar-refractivity contribution in [3.05, 3.63) is 22.1 Å². The van der Waals surface area contributed by atoms with Crippen molar-refractivity contribution in [3.63, 3.8) is 0 Å². The van der Waals surface area contributed by atoms with E-state index in [-0.39, 0.29) is 11.6 Å². The van der Waals surface area contributed by atoms with Gasteiger partial charge in [-0.1, -0.05) is 34.8 Å². The number of carbonyl (C=O) groups excluding carboxylic acids is 1. The molecule has 1 heterocycles. The summed E-state index contributed by atoms with van der Waals surface area (Å²) >= 11 is 16.0. The van der Waals surface area contributed by atoms with Gasteiger partial charge in [-0.2, -0.15) is 0 Å². The second-order valence-corrected chi connectivity index (χ2v) is 4.86. The number of aromatic nitrogens is 2. The zero-order chi connectivity index (χ0) is 11.8. The summed E-state index contributed by atoms with van der Waals surface area (Å²) in [5, 5.41) is 10.4. The molecule has 0 aliphatic rings. The van der Waals surface area contributed by atoms with E-state index in [4.69, 9.17) is 34.8 Å². The van der Waals surface area contributed by atoms with Crippen molar-refractivity contribution in [2.75, 3.05) is 0 Å². The van der Waals surface area contributed by atoms with Crippen molar-refractivity contribution in [1.82, 2.24) is 9.55 Å². The third-order valence-electron chi connectivity index (χ3n) is 1.61. The van der Waals surface area contributed by atoms with E-state index in [9.17, 15) is 14.9 Å². The SMILES string of the molecule is Cn1c([N+](=O)[O-])cnc1C(=O)C(Cl)(Cl)Cl. The van der Waals surface area contributed by atoms with Crippen molar-refractivity contribution in [3.8, 4) is 0 Å². The van der Waals surface area contributed by atoms with Crippen LogP contribution in [0.25, 0.3) is 0 Å². The number of hydrogen-bond acceptors (Lipinski definition) is 4. The fraction of sp³-hybridized carbons (Fsp3) is 0.333. The van der Waals surface area contributed by atoms with Crippen LogP contribution in [0.4, 0.5) is 5.82 Å². The van der Waals surface area contributed by atoms with E-state index in [0.717, 1.165) is 10.8 Å². The quantitative estimate of drug-likeness (QED) is 0.356. The van der Waals surface area contributed by atoms with Crippen molar-refractivity contribution in [2.24, 2.45) is 7.05 Å². The number of hydrogen-bond donors (Lipinski definition) is 0. The Morgan fingerprint density at radius 2 is 2.13 bits per heavy atom. The summed E-state index contributed by atoms with van der Waals surface area (Å²) in [6.45, 7) is 0. The van der Waals surface area contributed by atoms with Gasteiger partial charge >= 0.3 is 5.82 Å². The lowest BCUT2D eigenvalue weighted by Crippen LogP contribution is -2.22. The van der Waals surface area contributed by atoms with Crippen LogP contribution >= 0.6 is 34.8 Å². The van der Waals surface area contributed by atoms with Gasteiger partial charge < -0.3 is 10.1 Å². The van der Waals surface area contributed by atoms with Crippen LogP contribution in [0, 0.1) is 10.1 Å². The molecular formula is C6H4Cl3N3O3. The molecule has 0 aliphatic heterocycles. The molecule has 0 spiro atoms. The summed E-state index contributed by atoms with van der Waals surface area (Å²) in [6, 6.07) is 0. The number of nitro groups is 1. The van der Waals surface area contributed by atoms with E-state index in [2.05, 4.69) is 4.98 Å². The van der Waals surface area contributed by atoms with Gasteiger partial charge in [0.25, 0.3) is 15.4 Å². The molecular weight excluding hydrogens is 268 g/mol. The first-order valence-electron chi connectivity index (χ1n) is 3.52. The van der Waals surface area contributed by atoms with Gasteiger partial charge in [0.05, 0.1) is 7.05 Å². The summed E-state index contributed by atoms with van der Waals surface area (Å²) in [5.74, 6) is -1.54. The molecule has 0 atom stereocenters. The van der Waals surface area contributed by atoms with E-state index in [0.29, 0.717) is 0 Å². The highest BCUT2D eigenvalue weighted by atomic mass is 35.6. The second-order valence-electron chi connectivity index (χ2n) is 2.58. The predicted octanol–water partition coefficient (Wildman–Crippen LogP) is 1.88. The largest absolute Gasteiger partial charge is 0.358 e. The molecule has 0 unspecified atom stereocenters. The van der Waals surface area contributed by atoms with Gasteiger partial charge in [-0.05, 0) is 4.92 Å². The number of rotatable bonds is 2. The smallest absolute Gasteiger partial charge is 0.343 e. The Balaban J connectivity index is 3.19. The summed E-state index contributed by atoms with van der Waals surface area (Å²) < 4.78 is -1.22. The number of Topliss-reactive ketones (excluding diaryl/α,β-unsaturated/α-hetero) is 1. The van der Waals surface area contributed by atoms with Crippen LogP contribution in [0.5, 0.6) is 0 Å². The van der Waals surface area contributed by atoms with E-state index in [1.54, 1.807) is 0 Å². The third kappa shape index (κ3) is 2.39. The number of nitrogens with zero attached hydrogens (tertiary/aromatic N) is 3. The summed E-state index contributed by atoms with van der Waals surface area (Å²) in [4.78, 5) is 24.7. The van der Waals surface area contributed by atoms with Gasteiger partial charge in [0.2, 0.25) is 0 Å². The van der Waals surface area contributed by atoms with Crippen LogP contribution in [0.15, 0.2) is 6.20 Å². The molecule has 0 fully saturated rings. The molecule has 15 heavy (non-hydrogen) atoms. The summed E-state index contributed by atoms with van der Waals surface area (Å²) in [6.07, 6.45) is 0.920. The van der Waals surface area contributed by atoms with Crippen LogP contribution in [0.2, 0.25) is 0 Å². The molecule has 0 N–H and O–H groups in total. The number of halogens is 3. The number of imidazole rings is 1. The third-order valence-corrected chi connectivity index (χ3v) is 2.13. The molecule has 0 radical (unpaired) electrons. The minimum atomic E-state index is -2.17. The highest BCUT2D eigenvalue weighted by molar-refractivity contribution is 6.77. The monoisotopic (exact) mass is 271 g/mol. The summed E-state index contributed by atoms with van der Waals surface area (Å²) in [7, 11) is 1.29. The Hall–Kier alpha value is -0.850. The number of alkyl halides is 3. The van der Waals surface area contributed by atoms with Crippen LogP contribution in [0.1, 0.15) is 10.6 Å². The zero-order valence-electron chi connectivity index (χ0n) is 7.28. The van der Waals surface area contributed by atoms with Gasteiger partial charge in [-0.25, -0.2) is 9.55 Å². The average molecular weight is 272 g/mol.